The van der Waals surface area contributed by atoms with E-state index >= 15 is 0 Å². The average molecular weight is 347 g/mol. The molecule has 0 fully saturated rings. The Balaban J connectivity index is 1.93. The van der Waals surface area contributed by atoms with E-state index in [1.807, 2.05) is 26.1 Å². The molecule has 0 aliphatic heterocycles. The highest BCUT2D eigenvalue weighted by Gasteiger charge is 2.14. The molecule has 1 heterocycles. The van der Waals surface area contributed by atoms with E-state index in [2.05, 4.69) is 0 Å². The first kappa shape index (κ1) is 16.7. The van der Waals surface area contributed by atoms with E-state index in [1.54, 1.807) is 18.2 Å². The van der Waals surface area contributed by atoms with Gasteiger partial charge in [-0.1, -0.05) is 29.8 Å². The van der Waals surface area contributed by atoms with Crippen LogP contribution in [0.2, 0.25) is 5.02 Å². The van der Waals surface area contributed by atoms with Gasteiger partial charge in [-0.15, -0.1) is 0 Å². The maximum atomic E-state index is 13.8. The van der Waals surface area contributed by atoms with Crippen molar-refractivity contribution in [3.63, 3.8) is 0 Å². The minimum Gasteiger partial charge on any atom is -0.423 e. The summed E-state index contributed by atoms with van der Waals surface area (Å²) in [5.74, 6) is -0.215. The minimum atomic E-state index is -0.391. The zero-order chi connectivity index (χ0) is 17.3. The highest BCUT2D eigenvalue weighted by Crippen LogP contribution is 2.24. The van der Waals surface area contributed by atoms with Crippen molar-refractivity contribution < 1.29 is 13.7 Å². The number of quaternary nitrogens is 1. The number of aryl methyl sites for hydroxylation is 1. The molecule has 0 amide bonds. The van der Waals surface area contributed by atoms with Crippen LogP contribution in [0, 0.1) is 12.7 Å². The summed E-state index contributed by atoms with van der Waals surface area (Å²) in [5, 5.41) is 1.45. The number of benzene rings is 2. The monoisotopic (exact) mass is 346 g/mol. The van der Waals surface area contributed by atoms with Crippen LogP contribution < -0.4 is 10.5 Å². The second kappa shape index (κ2) is 6.75. The minimum absolute atomic E-state index is 0.215. The van der Waals surface area contributed by atoms with Crippen LogP contribution in [0.25, 0.3) is 11.0 Å². The third-order valence-corrected chi connectivity index (χ3v) is 4.46. The maximum absolute atomic E-state index is 13.8. The molecule has 1 aromatic heterocycles. The van der Waals surface area contributed by atoms with Crippen molar-refractivity contribution in [3.05, 3.63) is 80.4 Å². The Labute approximate surface area is 144 Å². The Bertz CT molecular complexity index is 952. The lowest BCUT2D eigenvalue weighted by Crippen LogP contribution is -3.06. The van der Waals surface area contributed by atoms with Gasteiger partial charge < -0.3 is 9.32 Å². The van der Waals surface area contributed by atoms with Crippen molar-refractivity contribution >= 4 is 22.6 Å². The number of hydrogen-bond acceptors (Lipinski definition) is 2. The number of halogens is 2. The molecule has 0 aliphatic carbocycles. The summed E-state index contributed by atoms with van der Waals surface area (Å²) in [6.07, 6.45) is 0. The summed E-state index contributed by atoms with van der Waals surface area (Å²) in [6, 6.07) is 11.8. The Morgan fingerprint density at radius 3 is 2.58 bits per heavy atom. The van der Waals surface area contributed by atoms with Gasteiger partial charge in [0.25, 0.3) is 0 Å². The molecule has 0 saturated carbocycles. The van der Waals surface area contributed by atoms with E-state index in [1.165, 1.54) is 12.1 Å². The van der Waals surface area contributed by atoms with Crippen LogP contribution in [0.4, 0.5) is 4.39 Å². The summed E-state index contributed by atoms with van der Waals surface area (Å²) in [5.41, 5.74) is 2.49. The maximum Gasteiger partial charge on any atom is 0.336 e. The fourth-order valence-corrected chi connectivity index (χ4v) is 3.01. The largest absolute Gasteiger partial charge is 0.423 e. The van der Waals surface area contributed by atoms with E-state index in [9.17, 15) is 9.18 Å². The molecule has 24 heavy (non-hydrogen) atoms. The summed E-state index contributed by atoms with van der Waals surface area (Å²) in [7, 11) is 1.96. The van der Waals surface area contributed by atoms with Crippen molar-refractivity contribution in [1.29, 1.82) is 0 Å². The van der Waals surface area contributed by atoms with Gasteiger partial charge in [0.2, 0.25) is 0 Å². The third-order valence-electron chi connectivity index (χ3n) is 4.05. The standard InChI is InChI=1S/C19H17ClFNO2/c1-12-7-18-15(9-16(12)20)14(8-19(23)24-18)11-22(2)10-13-5-3-4-6-17(13)21/h3-9H,10-11H2,1-2H3/p+1. The molecule has 0 saturated heterocycles. The van der Waals surface area contributed by atoms with Gasteiger partial charge in [0.1, 0.15) is 24.5 Å². The first-order valence-electron chi connectivity index (χ1n) is 7.71. The lowest BCUT2D eigenvalue weighted by Gasteiger charge is -2.15. The molecule has 0 aliphatic rings. The molecule has 1 N–H and O–H groups in total. The molecule has 3 rings (SSSR count). The zero-order valence-electron chi connectivity index (χ0n) is 13.5. The van der Waals surface area contributed by atoms with Crippen LogP contribution in [0.5, 0.6) is 0 Å². The van der Waals surface area contributed by atoms with Crippen molar-refractivity contribution in [2.45, 2.75) is 20.0 Å². The van der Waals surface area contributed by atoms with Crippen LogP contribution in [-0.4, -0.2) is 7.05 Å². The fraction of sp³-hybridized carbons (Fsp3) is 0.211. The average Bonchev–Trinajstić information content (AvgIpc) is 2.51. The lowest BCUT2D eigenvalue weighted by atomic mass is 10.1. The van der Waals surface area contributed by atoms with Gasteiger partial charge in [0, 0.05) is 27.6 Å². The second-order valence-corrected chi connectivity index (χ2v) is 6.50. The number of rotatable bonds is 4. The fourth-order valence-electron chi connectivity index (χ4n) is 2.85. The predicted octanol–water partition coefficient (Wildman–Crippen LogP) is 3.11. The van der Waals surface area contributed by atoms with Crippen LogP contribution in [-0.2, 0) is 13.1 Å². The molecule has 2 aromatic carbocycles. The molecule has 5 heteroatoms. The van der Waals surface area contributed by atoms with Crippen LogP contribution in [0.15, 0.2) is 51.7 Å². The van der Waals surface area contributed by atoms with Gasteiger partial charge in [0.15, 0.2) is 0 Å². The van der Waals surface area contributed by atoms with Gasteiger partial charge in [0.05, 0.1) is 7.05 Å². The van der Waals surface area contributed by atoms with Crippen LogP contribution in [0.1, 0.15) is 16.7 Å². The Hall–Kier alpha value is -2.17. The molecule has 0 spiro atoms. The van der Waals surface area contributed by atoms with E-state index in [0.29, 0.717) is 29.3 Å². The number of fused-ring (bicyclic) bond motifs is 1. The summed E-state index contributed by atoms with van der Waals surface area (Å²) < 4.78 is 19.1. The van der Waals surface area contributed by atoms with Gasteiger partial charge >= 0.3 is 5.63 Å². The molecule has 3 nitrogen and oxygen atoms in total. The highest BCUT2D eigenvalue weighted by atomic mass is 35.5. The first-order chi connectivity index (χ1) is 11.4. The van der Waals surface area contributed by atoms with Crippen LogP contribution >= 0.6 is 11.6 Å². The van der Waals surface area contributed by atoms with E-state index in [-0.39, 0.29) is 5.82 Å². The molecule has 124 valence electrons. The van der Waals surface area contributed by atoms with Crippen molar-refractivity contribution in [2.24, 2.45) is 0 Å². The normalized spacial score (nSPS) is 12.5. The van der Waals surface area contributed by atoms with Gasteiger partial charge in [-0.2, -0.15) is 0 Å². The molecule has 3 aromatic rings. The Kier molecular flexibility index (Phi) is 4.69. The van der Waals surface area contributed by atoms with Crippen molar-refractivity contribution in [3.8, 4) is 0 Å². The topological polar surface area (TPSA) is 34.6 Å². The van der Waals surface area contributed by atoms with E-state index in [0.717, 1.165) is 21.4 Å². The molecule has 1 atom stereocenters. The number of nitrogens with one attached hydrogen (secondary N) is 1. The second-order valence-electron chi connectivity index (χ2n) is 6.09. The quantitative estimate of drug-likeness (QED) is 0.737. The molecule has 1 unspecified atom stereocenters. The highest BCUT2D eigenvalue weighted by molar-refractivity contribution is 6.32. The summed E-state index contributed by atoms with van der Waals surface area (Å²) in [6.45, 7) is 2.95. The van der Waals surface area contributed by atoms with Crippen LogP contribution in [0.3, 0.4) is 0 Å². The van der Waals surface area contributed by atoms with Crippen molar-refractivity contribution in [2.75, 3.05) is 7.05 Å². The smallest absolute Gasteiger partial charge is 0.336 e. The number of hydrogen-bond donors (Lipinski definition) is 1. The van der Waals surface area contributed by atoms with Gasteiger partial charge in [-0.25, -0.2) is 9.18 Å². The SMILES string of the molecule is Cc1cc2oc(=O)cc(C[NH+](C)Cc3ccccc3F)c2cc1Cl. The molecular weight excluding hydrogens is 329 g/mol. The summed E-state index contributed by atoms with van der Waals surface area (Å²) in [4.78, 5) is 12.9. The first-order valence-corrected chi connectivity index (χ1v) is 8.09. The summed E-state index contributed by atoms with van der Waals surface area (Å²) >= 11 is 6.21. The van der Waals surface area contributed by atoms with Gasteiger partial charge in [-0.05, 0) is 30.7 Å². The lowest BCUT2D eigenvalue weighted by molar-refractivity contribution is -0.907. The predicted molar refractivity (Wildman–Crippen MR) is 92.9 cm³/mol. The Morgan fingerprint density at radius 2 is 1.83 bits per heavy atom. The third kappa shape index (κ3) is 3.50. The van der Waals surface area contributed by atoms with E-state index < -0.39 is 5.63 Å². The zero-order valence-corrected chi connectivity index (χ0v) is 14.3. The Morgan fingerprint density at radius 1 is 1.12 bits per heavy atom. The van der Waals surface area contributed by atoms with Crippen molar-refractivity contribution in [1.82, 2.24) is 0 Å². The molecular formula is C19H18ClFNO2+. The van der Waals surface area contributed by atoms with E-state index in [4.69, 9.17) is 16.0 Å². The van der Waals surface area contributed by atoms with Gasteiger partial charge in [-0.3, -0.25) is 0 Å². The molecule has 0 bridgehead atoms. The molecule has 0 radical (unpaired) electrons.